The fourth-order valence-electron chi connectivity index (χ4n) is 6.19. The van der Waals surface area contributed by atoms with Gasteiger partial charge in [0.05, 0.1) is 13.2 Å². The number of carbonyl (C=O) groups is 2. The van der Waals surface area contributed by atoms with Crippen molar-refractivity contribution in [2.45, 2.75) is 63.6 Å². The van der Waals surface area contributed by atoms with Gasteiger partial charge in [-0.05, 0) is 87.9 Å². The Balaban J connectivity index is 1.30. The summed E-state index contributed by atoms with van der Waals surface area (Å²) in [5.41, 5.74) is 0.600. The summed E-state index contributed by atoms with van der Waals surface area (Å²) in [4.78, 5) is 27.0. The number of methoxy groups -OCH3 is 1. The fourth-order valence-corrected chi connectivity index (χ4v) is 6.19. The molecule has 164 valence electrons. The summed E-state index contributed by atoms with van der Waals surface area (Å²) in [6.45, 7) is 2.12. The number of hydrogen-bond acceptors (Lipinski definition) is 4. The zero-order chi connectivity index (χ0) is 21.5. The highest BCUT2D eigenvalue weighted by molar-refractivity contribution is 5.97. The molecule has 4 saturated carbocycles. The minimum atomic E-state index is -0.530. The van der Waals surface area contributed by atoms with Crippen LogP contribution in [-0.2, 0) is 11.3 Å². The molecule has 0 spiro atoms. The molecule has 4 aliphatic carbocycles. The number of halogens is 1. The fraction of sp³-hybridized carbons (Fsp3) is 0.652. The van der Waals surface area contributed by atoms with Crippen LogP contribution in [0.2, 0.25) is 0 Å². The van der Waals surface area contributed by atoms with Crippen molar-refractivity contribution in [1.29, 1.82) is 0 Å². The molecule has 0 aromatic heterocycles. The molecule has 0 heterocycles. The van der Waals surface area contributed by atoms with Crippen LogP contribution in [-0.4, -0.2) is 42.6 Å². The SMILES string of the molecule is COc1ccc(CN(C)[C@@H](C)C(=O)NC(=O)NC23CC4CC(CC(C4)C2)C3)cc1F. The van der Waals surface area contributed by atoms with Crippen molar-refractivity contribution in [2.24, 2.45) is 17.8 Å². The second-order valence-electron chi connectivity index (χ2n) is 9.70. The van der Waals surface area contributed by atoms with Crippen LogP contribution >= 0.6 is 0 Å². The molecule has 7 heteroatoms. The number of carbonyl (C=O) groups excluding carboxylic acids is 2. The lowest BCUT2D eigenvalue weighted by Crippen LogP contribution is -2.62. The van der Waals surface area contributed by atoms with Gasteiger partial charge >= 0.3 is 6.03 Å². The molecule has 0 aliphatic heterocycles. The smallest absolute Gasteiger partial charge is 0.321 e. The van der Waals surface area contributed by atoms with Gasteiger partial charge in [-0.1, -0.05) is 6.07 Å². The average molecular weight is 418 g/mol. The number of ether oxygens (including phenoxy) is 1. The summed E-state index contributed by atoms with van der Waals surface area (Å²) in [5, 5.41) is 5.69. The normalized spacial score (nSPS) is 30.2. The first-order valence-electron chi connectivity index (χ1n) is 10.9. The first-order chi connectivity index (χ1) is 14.3. The predicted octanol–water partition coefficient (Wildman–Crippen LogP) is 3.45. The van der Waals surface area contributed by atoms with Crippen molar-refractivity contribution >= 4 is 11.9 Å². The molecule has 4 fully saturated rings. The number of nitrogens with one attached hydrogen (secondary N) is 2. The number of likely N-dealkylation sites (N-methyl/N-ethyl adjacent to an activating group) is 1. The third-order valence-electron chi connectivity index (χ3n) is 7.34. The highest BCUT2D eigenvalue weighted by Gasteiger charge is 2.51. The third kappa shape index (κ3) is 4.31. The first-order valence-corrected chi connectivity index (χ1v) is 10.9. The Morgan fingerprint density at radius 1 is 1.20 bits per heavy atom. The van der Waals surface area contributed by atoms with Crippen LogP contribution in [0.4, 0.5) is 9.18 Å². The van der Waals surface area contributed by atoms with Crippen LogP contribution in [0.1, 0.15) is 51.0 Å². The summed E-state index contributed by atoms with van der Waals surface area (Å²) in [7, 11) is 3.20. The topological polar surface area (TPSA) is 70.7 Å². The van der Waals surface area contributed by atoms with Crippen LogP contribution in [0.3, 0.4) is 0 Å². The second-order valence-corrected chi connectivity index (χ2v) is 9.70. The van der Waals surface area contributed by atoms with E-state index in [1.807, 2.05) is 0 Å². The Morgan fingerprint density at radius 2 is 1.80 bits per heavy atom. The number of hydrogen-bond donors (Lipinski definition) is 2. The monoisotopic (exact) mass is 417 g/mol. The van der Waals surface area contributed by atoms with Gasteiger partial charge in [0.25, 0.3) is 0 Å². The lowest BCUT2D eigenvalue weighted by Gasteiger charge is -2.56. The van der Waals surface area contributed by atoms with E-state index < -0.39 is 17.9 Å². The largest absolute Gasteiger partial charge is 0.494 e. The van der Waals surface area contributed by atoms with Gasteiger partial charge in [0.2, 0.25) is 5.91 Å². The summed E-state index contributed by atoms with van der Waals surface area (Å²) >= 11 is 0. The Morgan fingerprint density at radius 3 is 2.33 bits per heavy atom. The van der Waals surface area contributed by atoms with Crippen LogP contribution in [0.25, 0.3) is 0 Å². The minimum Gasteiger partial charge on any atom is -0.494 e. The maximum Gasteiger partial charge on any atom is 0.321 e. The van der Waals surface area contributed by atoms with Crippen molar-refractivity contribution < 1.29 is 18.7 Å². The number of urea groups is 1. The van der Waals surface area contributed by atoms with Gasteiger partial charge in [-0.3, -0.25) is 15.0 Å². The molecule has 4 aliphatic rings. The van der Waals surface area contributed by atoms with E-state index in [-0.39, 0.29) is 17.2 Å². The highest BCUT2D eigenvalue weighted by Crippen LogP contribution is 2.55. The van der Waals surface area contributed by atoms with Crippen molar-refractivity contribution in [3.63, 3.8) is 0 Å². The molecule has 3 amide bonds. The lowest BCUT2D eigenvalue weighted by molar-refractivity contribution is -0.124. The second kappa shape index (κ2) is 8.17. The van der Waals surface area contributed by atoms with Gasteiger partial charge in [-0.15, -0.1) is 0 Å². The molecular weight excluding hydrogens is 385 g/mol. The standard InChI is InChI=1S/C23H32FN3O3/c1-14(27(2)13-15-4-5-20(30-3)19(24)9-15)21(28)25-22(29)26-23-10-16-6-17(11-23)8-18(7-16)12-23/h4-5,9,14,16-18H,6-8,10-13H2,1-3H3,(H2,25,26,28,29)/t14-,16?,17?,18?,23?/m0/s1. The van der Waals surface area contributed by atoms with Crippen molar-refractivity contribution in [2.75, 3.05) is 14.2 Å². The zero-order valence-corrected chi connectivity index (χ0v) is 18.0. The van der Waals surface area contributed by atoms with Gasteiger partial charge in [0.1, 0.15) is 0 Å². The maximum absolute atomic E-state index is 13.9. The van der Waals surface area contributed by atoms with E-state index in [1.165, 1.54) is 32.4 Å². The van der Waals surface area contributed by atoms with E-state index in [2.05, 4.69) is 10.6 Å². The molecule has 0 unspecified atom stereocenters. The van der Waals surface area contributed by atoms with Crippen LogP contribution < -0.4 is 15.4 Å². The van der Waals surface area contributed by atoms with Crippen LogP contribution in [0.5, 0.6) is 5.75 Å². The molecule has 5 rings (SSSR count). The molecular formula is C23H32FN3O3. The molecule has 1 atom stereocenters. The number of rotatable bonds is 6. The molecule has 1 aromatic rings. The first kappa shape index (κ1) is 21.1. The average Bonchev–Trinajstić information content (AvgIpc) is 2.65. The van der Waals surface area contributed by atoms with Gasteiger partial charge in [0.15, 0.2) is 11.6 Å². The molecule has 30 heavy (non-hydrogen) atoms. The van der Waals surface area contributed by atoms with Gasteiger partial charge < -0.3 is 10.1 Å². The molecule has 4 bridgehead atoms. The maximum atomic E-state index is 13.9. The van der Waals surface area contributed by atoms with Crippen molar-refractivity contribution in [1.82, 2.24) is 15.5 Å². The molecule has 0 radical (unpaired) electrons. The molecule has 0 saturated heterocycles. The molecule has 1 aromatic carbocycles. The van der Waals surface area contributed by atoms with E-state index >= 15 is 0 Å². The van der Waals surface area contributed by atoms with E-state index in [9.17, 15) is 14.0 Å². The number of amides is 3. The summed E-state index contributed by atoms with van der Waals surface area (Å²) in [6.07, 6.45) is 7.02. The molecule has 2 N–H and O–H groups in total. The number of nitrogens with zero attached hydrogens (tertiary/aromatic N) is 1. The quantitative estimate of drug-likeness (QED) is 0.744. The van der Waals surface area contributed by atoms with E-state index in [0.717, 1.165) is 42.6 Å². The summed E-state index contributed by atoms with van der Waals surface area (Å²) in [5.74, 6) is 1.57. The van der Waals surface area contributed by atoms with Gasteiger partial charge in [-0.2, -0.15) is 0 Å². The van der Waals surface area contributed by atoms with Crippen molar-refractivity contribution in [3.8, 4) is 5.75 Å². The van der Waals surface area contributed by atoms with E-state index in [4.69, 9.17) is 4.74 Å². The number of benzene rings is 1. The van der Waals surface area contributed by atoms with Crippen molar-refractivity contribution in [3.05, 3.63) is 29.6 Å². The van der Waals surface area contributed by atoms with E-state index in [1.54, 1.807) is 31.0 Å². The Bertz CT molecular complexity index is 793. The highest BCUT2D eigenvalue weighted by atomic mass is 19.1. The van der Waals surface area contributed by atoms with E-state index in [0.29, 0.717) is 6.54 Å². The van der Waals surface area contributed by atoms with Crippen LogP contribution in [0, 0.1) is 23.6 Å². The minimum absolute atomic E-state index is 0.130. The predicted molar refractivity (Wildman–Crippen MR) is 111 cm³/mol. The Hall–Kier alpha value is -2.15. The summed E-state index contributed by atoms with van der Waals surface area (Å²) < 4.78 is 18.8. The van der Waals surface area contributed by atoms with Gasteiger partial charge in [-0.25, -0.2) is 9.18 Å². The van der Waals surface area contributed by atoms with Crippen LogP contribution in [0.15, 0.2) is 18.2 Å². The van der Waals surface area contributed by atoms with Gasteiger partial charge in [0, 0.05) is 12.1 Å². The molecule has 6 nitrogen and oxygen atoms in total. The third-order valence-corrected chi connectivity index (χ3v) is 7.34. The lowest BCUT2D eigenvalue weighted by atomic mass is 9.53. The Labute approximate surface area is 177 Å². The Kier molecular flexibility index (Phi) is 5.75. The number of imide groups is 1. The zero-order valence-electron chi connectivity index (χ0n) is 18.0. The summed E-state index contributed by atoms with van der Waals surface area (Å²) in [6, 6.07) is 3.82.